The maximum atomic E-state index is 5.17. The molecule has 108 valence electrons. The maximum Gasteiger partial charge on any atom is 0.127 e. The molecule has 0 radical (unpaired) electrons. The van der Waals surface area contributed by atoms with Gasteiger partial charge in [0.2, 0.25) is 0 Å². The average Bonchev–Trinajstić information content (AvgIpc) is 3.15. The smallest absolute Gasteiger partial charge is 0.127 e. The summed E-state index contributed by atoms with van der Waals surface area (Å²) in [5, 5.41) is 4.45. The van der Waals surface area contributed by atoms with E-state index >= 15 is 0 Å². The van der Waals surface area contributed by atoms with Crippen LogP contribution in [0.3, 0.4) is 0 Å². The molecule has 0 aliphatic rings. The van der Waals surface area contributed by atoms with Crippen molar-refractivity contribution >= 4 is 11.3 Å². The topological polar surface area (TPSA) is 38.1 Å². The third-order valence-corrected chi connectivity index (χ3v) is 4.37. The Hall–Kier alpha value is -1.91. The zero-order valence-electron chi connectivity index (χ0n) is 12.2. The monoisotopic (exact) mass is 298 g/mol. The summed E-state index contributed by atoms with van der Waals surface area (Å²) in [4.78, 5) is 6.02. The van der Waals surface area contributed by atoms with Gasteiger partial charge in [-0.25, -0.2) is 4.98 Å². The van der Waals surface area contributed by atoms with Crippen molar-refractivity contribution in [3.05, 3.63) is 54.6 Å². The summed E-state index contributed by atoms with van der Waals surface area (Å²) < 4.78 is 5.17. The molecule has 0 unspecified atom stereocenters. The van der Waals surface area contributed by atoms with Crippen molar-refractivity contribution in [3.8, 4) is 21.0 Å². The van der Waals surface area contributed by atoms with E-state index in [1.807, 2.05) is 12.1 Å². The van der Waals surface area contributed by atoms with E-state index in [0.717, 1.165) is 22.8 Å². The number of hydrogen-bond donors (Lipinski definition) is 1. The number of aromatic nitrogens is 1. The van der Waals surface area contributed by atoms with Crippen LogP contribution in [0, 0.1) is 0 Å². The van der Waals surface area contributed by atoms with Crippen LogP contribution in [0.2, 0.25) is 0 Å². The Balaban J connectivity index is 2.00. The molecular formula is C17H18N2OS. The molecule has 2 aromatic heterocycles. The standard InChI is InChI=1S/C17H18N2OS/c1-12(2)18-10-15-16(13-6-4-3-5-7-13)21-17(19-15)14-8-9-20-11-14/h3-9,11-12,18H,10H2,1-2H3. The van der Waals surface area contributed by atoms with Gasteiger partial charge in [0, 0.05) is 18.2 Å². The Morgan fingerprint density at radius 2 is 1.95 bits per heavy atom. The number of nitrogens with zero attached hydrogens (tertiary/aromatic N) is 1. The van der Waals surface area contributed by atoms with Gasteiger partial charge in [-0.2, -0.15) is 0 Å². The molecule has 3 rings (SSSR count). The van der Waals surface area contributed by atoms with Crippen LogP contribution < -0.4 is 5.32 Å². The summed E-state index contributed by atoms with van der Waals surface area (Å²) in [6.45, 7) is 5.06. The molecule has 0 amide bonds. The quantitative estimate of drug-likeness (QED) is 0.750. The average molecular weight is 298 g/mol. The molecule has 4 heteroatoms. The lowest BCUT2D eigenvalue weighted by Crippen LogP contribution is -2.22. The summed E-state index contributed by atoms with van der Waals surface area (Å²) in [6, 6.07) is 12.8. The zero-order valence-corrected chi connectivity index (χ0v) is 13.0. The Morgan fingerprint density at radius 1 is 1.14 bits per heavy atom. The van der Waals surface area contributed by atoms with Crippen LogP contribution in [0.25, 0.3) is 21.0 Å². The highest BCUT2D eigenvalue weighted by Crippen LogP contribution is 2.35. The van der Waals surface area contributed by atoms with E-state index in [1.165, 1.54) is 10.4 Å². The molecule has 21 heavy (non-hydrogen) atoms. The number of nitrogens with one attached hydrogen (secondary N) is 1. The molecule has 0 aliphatic carbocycles. The number of hydrogen-bond acceptors (Lipinski definition) is 4. The van der Waals surface area contributed by atoms with Crippen LogP contribution in [0.4, 0.5) is 0 Å². The fraction of sp³-hybridized carbons (Fsp3) is 0.235. The van der Waals surface area contributed by atoms with E-state index in [9.17, 15) is 0 Å². The number of thiazole rings is 1. The van der Waals surface area contributed by atoms with E-state index in [1.54, 1.807) is 23.9 Å². The minimum atomic E-state index is 0.438. The van der Waals surface area contributed by atoms with Crippen molar-refractivity contribution in [2.75, 3.05) is 0 Å². The minimum absolute atomic E-state index is 0.438. The third-order valence-electron chi connectivity index (χ3n) is 3.18. The van der Waals surface area contributed by atoms with Crippen molar-refractivity contribution in [2.24, 2.45) is 0 Å². The maximum absolute atomic E-state index is 5.17. The first-order valence-electron chi connectivity index (χ1n) is 7.05. The highest BCUT2D eigenvalue weighted by Gasteiger charge is 2.14. The molecule has 3 nitrogen and oxygen atoms in total. The van der Waals surface area contributed by atoms with Gasteiger partial charge in [0.15, 0.2) is 0 Å². The first-order chi connectivity index (χ1) is 10.2. The van der Waals surface area contributed by atoms with Crippen molar-refractivity contribution in [1.82, 2.24) is 10.3 Å². The van der Waals surface area contributed by atoms with Crippen LogP contribution in [0.5, 0.6) is 0 Å². The molecule has 0 aliphatic heterocycles. The molecule has 0 saturated carbocycles. The highest BCUT2D eigenvalue weighted by molar-refractivity contribution is 7.18. The first kappa shape index (κ1) is 14.0. The van der Waals surface area contributed by atoms with Crippen LogP contribution in [0.15, 0.2) is 53.3 Å². The lowest BCUT2D eigenvalue weighted by Gasteiger charge is -2.07. The van der Waals surface area contributed by atoms with Crippen LogP contribution in [-0.2, 0) is 6.54 Å². The molecule has 0 bridgehead atoms. The summed E-state index contributed by atoms with van der Waals surface area (Å²) in [6.07, 6.45) is 3.43. The number of furan rings is 1. The van der Waals surface area contributed by atoms with Gasteiger partial charge in [0.05, 0.1) is 16.8 Å². The molecule has 0 spiro atoms. The second kappa shape index (κ2) is 6.24. The highest BCUT2D eigenvalue weighted by atomic mass is 32.1. The molecule has 0 saturated heterocycles. The van der Waals surface area contributed by atoms with Gasteiger partial charge in [0.1, 0.15) is 11.3 Å². The Bertz CT molecular complexity index is 687. The molecule has 2 heterocycles. The van der Waals surface area contributed by atoms with Crippen LogP contribution >= 0.6 is 11.3 Å². The fourth-order valence-electron chi connectivity index (χ4n) is 2.10. The van der Waals surface area contributed by atoms with E-state index in [-0.39, 0.29) is 0 Å². The van der Waals surface area contributed by atoms with Crippen LogP contribution in [-0.4, -0.2) is 11.0 Å². The Kier molecular flexibility index (Phi) is 4.18. The van der Waals surface area contributed by atoms with E-state index in [0.29, 0.717) is 6.04 Å². The van der Waals surface area contributed by atoms with Crippen LogP contribution in [0.1, 0.15) is 19.5 Å². The van der Waals surface area contributed by atoms with Gasteiger partial charge in [-0.3, -0.25) is 0 Å². The Morgan fingerprint density at radius 3 is 2.62 bits per heavy atom. The summed E-state index contributed by atoms with van der Waals surface area (Å²) in [5.74, 6) is 0. The molecular weight excluding hydrogens is 280 g/mol. The predicted molar refractivity (Wildman–Crippen MR) is 87.2 cm³/mol. The van der Waals surface area contributed by atoms with E-state index in [4.69, 9.17) is 9.40 Å². The largest absolute Gasteiger partial charge is 0.472 e. The Labute approximate surface area is 128 Å². The molecule has 1 N–H and O–H groups in total. The van der Waals surface area contributed by atoms with Crippen molar-refractivity contribution in [3.63, 3.8) is 0 Å². The second-order valence-electron chi connectivity index (χ2n) is 5.21. The summed E-state index contributed by atoms with van der Waals surface area (Å²) in [7, 11) is 0. The van der Waals surface area contributed by atoms with Gasteiger partial charge in [0.25, 0.3) is 0 Å². The first-order valence-corrected chi connectivity index (χ1v) is 7.87. The van der Waals surface area contributed by atoms with E-state index in [2.05, 4.69) is 43.4 Å². The van der Waals surface area contributed by atoms with Gasteiger partial charge in [-0.05, 0) is 11.6 Å². The molecule has 3 aromatic rings. The molecule has 1 aromatic carbocycles. The number of benzene rings is 1. The second-order valence-corrected chi connectivity index (χ2v) is 6.21. The molecule has 0 fully saturated rings. The zero-order chi connectivity index (χ0) is 14.7. The lowest BCUT2D eigenvalue weighted by atomic mass is 10.1. The van der Waals surface area contributed by atoms with Crippen molar-refractivity contribution in [1.29, 1.82) is 0 Å². The van der Waals surface area contributed by atoms with Gasteiger partial charge in [-0.1, -0.05) is 44.2 Å². The summed E-state index contributed by atoms with van der Waals surface area (Å²) in [5.41, 5.74) is 3.34. The van der Waals surface area contributed by atoms with E-state index < -0.39 is 0 Å². The lowest BCUT2D eigenvalue weighted by molar-refractivity contribution is 0.568. The predicted octanol–water partition coefficient (Wildman–Crippen LogP) is 4.57. The van der Waals surface area contributed by atoms with Crippen molar-refractivity contribution in [2.45, 2.75) is 26.4 Å². The SMILES string of the molecule is CC(C)NCc1nc(-c2ccoc2)sc1-c1ccccc1. The summed E-state index contributed by atoms with van der Waals surface area (Å²) >= 11 is 1.71. The van der Waals surface area contributed by atoms with Gasteiger partial charge in [-0.15, -0.1) is 11.3 Å². The fourth-order valence-corrected chi connectivity index (χ4v) is 3.17. The van der Waals surface area contributed by atoms with Gasteiger partial charge < -0.3 is 9.73 Å². The normalized spacial score (nSPS) is 11.2. The number of rotatable bonds is 5. The minimum Gasteiger partial charge on any atom is -0.472 e. The molecule has 0 atom stereocenters. The van der Waals surface area contributed by atoms with Gasteiger partial charge >= 0.3 is 0 Å². The third kappa shape index (κ3) is 3.23. The van der Waals surface area contributed by atoms with Crippen molar-refractivity contribution < 1.29 is 4.42 Å².